The molecule has 0 radical (unpaired) electrons. The van der Waals surface area contributed by atoms with E-state index in [2.05, 4.69) is 21.5 Å². The molecule has 0 aliphatic rings. The number of ether oxygens (including phenoxy) is 4. The van der Waals surface area contributed by atoms with E-state index in [9.17, 15) is 0 Å². The SMILES string of the molecule is CCCCn1c(Cc2cc(OC)c(OC)c(OC)c2)nc2c(N)nc(OC)nc21. The van der Waals surface area contributed by atoms with Crippen molar-refractivity contribution in [2.45, 2.75) is 32.7 Å². The number of fused-ring (bicyclic) bond motifs is 1. The van der Waals surface area contributed by atoms with Gasteiger partial charge in [-0.2, -0.15) is 9.97 Å². The molecule has 29 heavy (non-hydrogen) atoms. The fourth-order valence-corrected chi connectivity index (χ4v) is 3.24. The number of benzene rings is 1. The number of nitrogens with two attached hydrogens (primary N) is 1. The average Bonchev–Trinajstić information content (AvgIpc) is 3.08. The zero-order valence-electron chi connectivity index (χ0n) is 17.5. The highest BCUT2D eigenvalue weighted by Crippen LogP contribution is 2.38. The molecule has 0 unspecified atom stereocenters. The summed E-state index contributed by atoms with van der Waals surface area (Å²) < 4.78 is 23.6. The van der Waals surface area contributed by atoms with Gasteiger partial charge in [-0.1, -0.05) is 13.3 Å². The quantitative estimate of drug-likeness (QED) is 0.583. The molecule has 2 N–H and O–H groups in total. The first kappa shape index (κ1) is 20.5. The van der Waals surface area contributed by atoms with Crippen molar-refractivity contribution in [3.63, 3.8) is 0 Å². The van der Waals surface area contributed by atoms with Crippen molar-refractivity contribution >= 4 is 17.0 Å². The second-order valence-corrected chi connectivity index (χ2v) is 6.51. The molecule has 1 aromatic carbocycles. The summed E-state index contributed by atoms with van der Waals surface area (Å²) in [5, 5.41) is 0. The Morgan fingerprint density at radius 3 is 2.17 bits per heavy atom. The Kier molecular flexibility index (Phi) is 6.26. The summed E-state index contributed by atoms with van der Waals surface area (Å²) in [6, 6.07) is 4.06. The predicted molar refractivity (Wildman–Crippen MR) is 110 cm³/mol. The van der Waals surface area contributed by atoms with Crippen LogP contribution in [0.4, 0.5) is 5.82 Å². The van der Waals surface area contributed by atoms with Crippen LogP contribution in [0.15, 0.2) is 12.1 Å². The monoisotopic (exact) mass is 401 g/mol. The van der Waals surface area contributed by atoms with Gasteiger partial charge in [0.25, 0.3) is 0 Å². The Labute approximate surface area is 169 Å². The Morgan fingerprint density at radius 2 is 1.62 bits per heavy atom. The van der Waals surface area contributed by atoms with Crippen LogP contribution in [-0.2, 0) is 13.0 Å². The maximum Gasteiger partial charge on any atom is 0.320 e. The van der Waals surface area contributed by atoms with Gasteiger partial charge >= 0.3 is 6.01 Å². The lowest BCUT2D eigenvalue weighted by Gasteiger charge is -2.14. The normalized spacial score (nSPS) is 10.9. The van der Waals surface area contributed by atoms with Crippen LogP contribution in [0.3, 0.4) is 0 Å². The van der Waals surface area contributed by atoms with Gasteiger partial charge in [0.2, 0.25) is 5.75 Å². The number of nitrogens with zero attached hydrogens (tertiary/aromatic N) is 4. The average molecular weight is 401 g/mol. The molecule has 0 fully saturated rings. The number of hydrogen-bond donors (Lipinski definition) is 1. The van der Waals surface area contributed by atoms with Crippen LogP contribution >= 0.6 is 0 Å². The van der Waals surface area contributed by atoms with Gasteiger partial charge in [-0.05, 0) is 24.1 Å². The highest BCUT2D eigenvalue weighted by atomic mass is 16.5. The van der Waals surface area contributed by atoms with Crippen LogP contribution in [0.1, 0.15) is 31.2 Å². The molecule has 9 nitrogen and oxygen atoms in total. The highest BCUT2D eigenvalue weighted by molar-refractivity contribution is 5.82. The maximum absolute atomic E-state index is 6.10. The van der Waals surface area contributed by atoms with Gasteiger partial charge in [0.15, 0.2) is 28.5 Å². The largest absolute Gasteiger partial charge is 0.493 e. The minimum Gasteiger partial charge on any atom is -0.493 e. The van der Waals surface area contributed by atoms with Crippen molar-refractivity contribution in [1.82, 2.24) is 19.5 Å². The third-order valence-electron chi connectivity index (χ3n) is 4.68. The van der Waals surface area contributed by atoms with Crippen LogP contribution in [0, 0.1) is 0 Å². The highest BCUT2D eigenvalue weighted by Gasteiger charge is 2.19. The third-order valence-corrected chi connectivity index (χ3v) is 4.68. The van der Waals surface area contributed by atoms with Gasteiger partial charge in [0, 0.05) is 13.0 Å². The van der Waals surface area contributed by atoms with E-state index in [1.165, 1.54) is 7.11 Å². The van der Waals surface area contributed by atoms with Crippen molar-refractivity contribution in [2.24, 2.45) is 0 Å². The first-order chi connectivity index (χ1) is 14.1. The first-order valence-electron chi connectivity index (χ1n) is 9.41. The van der Waals surface area contributed by atoms with E-state index in [0.29, 0.717) is 40.7 Å². The van der Waals surface area contributed by atoms with E-state index in [1.807, 2.05) is 12.1 Å². The summed E-state index contributed by atoms with van der Waals surface area (Å²) in [4.78, 5) is 13.4. The first-order valence-corrected chi connectivity index (χ1v) is 9.41. The van der Waals surface area contributed by atoms with Gasteiger partial charge in [0.05, 0.1) is 28.4 Å². The Hall–Kier alpha value is -3.23. The summed E-state index contributed by atoms with van der Waals surface area (Å²) in [5.74, 6) is 2.88. The van der Waals surface area contributed by atoms with Gasteiger partial charge < -0.3 is 29.2 Å². The molecule has 9 heteroatoms. The topological polar surface area (TPSA) is 107 Å². The number of unbranched alkanes of at least 4 members (excludes halogenated alkanes) is 1. The fraction of sp³-hybridized carbons (Fsp3) is 0.450. The van der Waals surface area contributed by atoms with Crippen LogP contribution in [0.5, 0.6) is 23.3 Å². The van der Waals surface area contributed by atoms with E-state index in [1.54, 1.807) is 21.3 Å². The molecule has 156 valence electrons. The number of aromatic nitrogens is 4. The summed E-state index contributed by atoms with van der Waals surface area (Å²) >= 11 is 0. The molecule has 0 bridgehead atoms. The lowest BCUT2D eigenvalue weighted by Crippen LogP contribution is -2.07. The molecule has 0 aliphatic carbocycles. The summed E-state index contributed by atoms with van der Waals surface area (Å²) in [6.07, 6.45) is 2.57. The number of hydrogen-bond acceptors (Lipinski definition) is 8. The van der Waals surface area contributed by atoms with E-state index in [-0.39, 0.29) is 6.01 Å². The van der Waals surface area contributed by atoms with Crippen LogP contribution in [0.2, 0.25) is 0 Å². The van der Waals surface area contributed by atoms with Crippen LogP contribution in [-0.4, -0.2) is 48.0 Å². The Balaban J connectivity index is 2.11. The fourth-order valence-electron chi connectivity index (χ4n) is 3.24. The van der Waals surface area contributed by atoms with Crippen molar-refractivity contribution < 1.29 is 18.9 Å². The van der Waals surface area contributed by atoms with E-state index >= 15 is 0 Å². The van der Waals surface area contributed by atoms with Gasteiger partial charge in [-0.15, -0.1) is 0 Å². The molecular weight excluding hydrogens is 374 g/mol. The molecule has 0 aliphatic heterocycles. The molecule has 0 saturated carbocycles. The second kappa shape index (κ2) is 8.85. The molecular formula is C20H27N5O4. The third kappa shape index (κ3) is 3.98. The summed E-state index contributed by atoms with van der Waals surface area (Å²) in [6.45, 7) is 2.91. The van der Waals surface area contributed by atoms with E-state index in [4.69, 9.17) is 29.7 Å². The summed E-state index contributed by atoms with van der Waals surface area (Å²) in [5.41, 5.74) is 8.31. The number of anilines is 1. The number of aryl methyl sites for hydroxylation is 1. The number of rotatable bonds is 9. The molecule has 3 aromatic rings. The summed E-state index contributed by atoms with van der Waals surface area (Å²) in [7, 11) is 6.30. The zero-order chi connectivity index (χ0) is 21.0. The minimum absolute atomic E-state index is 0.229. The molecule has 2 aromatic heterocycles. The van der Waals surface area contributed by atoms with E-state index < -0.39 is 0 Å². The molecule has 0 atom stereocenters. The number of methoxy groups -OCH3 is 4. The number of nitrogen functional groups attached to an aromatic ring is 1. The molecule has 2 heterocycles. The van der Waals surface area contributed by atoms with Crippen LogP contribution in [0.25, 0.3) is 11.2 Å². The molecule has 0 amide bonds. The second-order valence-electron chi connectivity index (χ2n) is 6.51. The standard InChI is InChI=1S/C20H27N5O4/c1-6-7-8-25-15(22-16-18(21)23-20(29-5)24-19(16)25)11-12-9-13(26-2)17(28-4)14(10-12)27-3/h9-10H,6-8,11H2,1-5H3,(H2,21,23,24). The van der Waals surface area contributed by atoms with Crippen molar-refractivity contribution in [2.75, 3.05) is 34.2 Å². The zero-order valence-corrected chi connectivity index (χ0v) is 17.5. The Morgan fingerprint density at radius 1 is 0.931 bits per heavy atom. The maximum atomic E-state index is 6.10. The molecule has 0 saturated heterocycles. The van der Waals surface area contributed by atoms with E-state index in [0.717, 1.165) is 30.8 Å². The molecule has 3 rings (SSSR count). The predicted octanol–water partition coefficient (Wildman–Crippen LogP) is 2.83. The molecule has 0 spiro atoms. The smallest absolute Gasteiger partial charge is 0.320 e. The Bertz CT molecular complexity index is 977. The number of imidazole rings is 1. The lowest BCUT2D eigenvalue weighted by molar-refractivity contribution is 0.324. The van der Waals surface area contributed by atoms with Crippen molar-refractivity contribution in [3.05, 3.63) is 23.5 Å². The van der Waals surface area contributed by atoms with Crippen molar-refractivity contribution in [3.8, 4) is 23.3 Å². The lowest BCUT2D eigenvalue weighted by atomic mass is 10.1. The van der Waals surface area contributed by atoms with Gasteiger partial charge in [-0.3, -0.25) is 0 Å². The van der Waals surface area contributed by atoms with Gasteiger partial charge in [-0.25, -0.2) is 4.98 Å². The minimum atomic E-state index is 0.229. The van der Waals surface area contributed by atoms with Gasteiger partial charge in [0.1, 0.15) is 5.82 Å². The van der Waals surface area contributed by atoms with Crippen molar-refractivity contribution in [1.29, 1.82) is 0 Å². The van der Waals surface area contributed by atoms with Crippen LogP contribution < -0.4 is 24.7 Å².